The van der Waals surface area contributed by atoms with E-state index in [1.165, 1.54) is 12.4 Å². The molecule has 10 nitrogen and oxygen atoms in total. The van der Waals surface area contributed by atoms with Crippen molar-refractivity contribution in [2.75, 3.05) is 24.2 Å². The Kier molecular flexibility index (Phi) is 6.57. The Bertz CT molecular complexity index is 1230. The SMILES string of the molecule is O=C(N/C=C/c1ccc2c(c1)OCO2)Nc1ccc(NC(=O)N/C=C/c2ccc3c(c2)OCO3)cc1. The highest BCUT2D eigenvalue weighted by Crippen LogP contribution is 2.33. The highest BCUT2D eigenvalue weighted by Gasteiger charge is 2.13. The van der Waals surface area contributed by atoms with E-state index in [9.17, 15) is 9.59 Å². The van der Waals surface area contributed by atoms with E-state index in [2.05, 4.69) is 21.3 Å². The van der Waals surface area contributed by atoms with E-state index in [1.807, 2.05) is 36.4 Å². The van der Waals surface area contributed by atoms with Gasteiger partial charge < -0.3 is 40.2 Å². The van der Waals surface area contributed by atoms with Crippen molar-refractivity contribution in [1.29, 1.82) is 0 Å². The first-order chi connectivity index (χ1) is 17.6. The van der Waals surface area contributed by atoms with Gasteiger partial charge in [0.25, 0.3) is 0 Å². The quantitative estimate of drug-likeness (QED) is 0.400. The minimum absolute atomic E-state index is 0.210. The molecule has 0 bridgehead atoms. The average Bonchev–Trinajstić information content (AvgIpc) is 3.54. The monoisotopic (exact) mass is 486 g/mol. The lowest BCUT2D eigenvalue weighted by atomic mass is 10.2. The van der Waals surface area contributed by atoms with Gasteiger partial charge in [-0.2, -0.15) is 0 Å². The zero-order chi connectivity index (χ0) is 24.7. The van der Waals surface area contributed by atoms with Gasteiger partial charge in [-0.25, -0.2) is 9.59 Å². The second-order valence-corrected chi connectivity index (χ2v) is 7.67. The third kappa shape index (κ3) is 5.68. The van der Waals surface area contributed by atoms with Crippen LogP contribution in [0.3, 0.4) is 0 Å². The van der Waals surface area contributed by atoms with E-state index in [0.717, 1.165) is 11.1 Å². The number of nitrogens with one attached hydrogen (secondary N) is 4. The summed E-state index contributed by atoms with van der Waals surface area (Å²) in [6.07, 6.45) is 6.55. The smallest absolute Gasteiger partial charge is 0.323 e. The molecule has 2 aliphatic rings. The molecule has 4 amide bonds. The molecule has 3 aromatic carbocycles. The lowest BCUT2D eigenvalue weighted by Gasteiger charge is -2.07. The molecule has 4 N–H and O–H groups in total. The lowest BCUT2D eigenvalue weighted by molar-refractivity contribution is 0.173. The van der Waals surface area contributed by atoms with Crippen LogP contribution in [0.5, 0.6) is 23.0 Å². The van der Waals surface area contributed by atoms with E-state index < -0.39 is 12.1 Å². The third-order valence-corrected chi connectivity index (χ3v) is 5.17. The largest absolute Gasteiger partial charge is 0.454 e. The number of fused-ring (bicyclic) bond motifs is 2. The van der Waals surface area contributed by atoms with Gasteiger partial charge in [-0.05, 0) is 71.8 Å². The predicted octanol–water partition coefficient (Wildman–Crippen LogP) is 4.73. The highest BCUT2D eigenvalue weighted by molar-refractivity contribution is 5.92. The van der Waals surface area contributed by atoms with Crippen molar-refractivity contribution in [3.05, 3.63) is 84.2 Å². The summed E-state index contributed by atoms with van der Waals surface area (Å²) in [6, 6.07) is 16.9. The standard InChI is InChI=1S/C26H22N4O6/c31-25(27-11-9-17-1-7-21-23(13-17)35-15-33-21)29-19-3-5-20(6-4-19)30-26(32)28-12-10-18-2-8-22-24(14-18)36-16-34-22/h1-14H,15-16H2,(H2,27,29,31)(H2,28,30,32)/b11-9+,12-10+. The molecular formula is C26H22N4O6. The topological polar surface area (TPSA) is 119 Å². The summed E-state index contributed by atoms with van der Waals surface area (Å²) in [5.41, 5.74) is 2.85. The number of hydrogen-bond acceptors (Lipinski definition) is 6. The fourth-order valence-electron chi connectivity index (χ4n) is 3.43. The molecule has 0 aliphatic carbocycles. The highest BCUT2D eigenvalue weighted by atomic mass is 16.7. The molecule has 182 valence electrons. The fourth-order valence-corrected chi connectivity index (χ4v) is 3.43. The van der Waals surface area contributed by atoms with Gasteiger partial charge in [0.05, 0.1) is 0 Å². The molecule has 36 heavy (non-hydrogen) atoms. The number of carbonyl (C=O) groups excluding carboxylic acids is 2. The van der Waals surface area contributed by atoms with E-state index in [4.69, 9.17) is 18.9 Å². The van der Waals surface area contributed by atoms with Crippen molar-refractivity contribution < 1.29 is 28.5 Å². The van der Waals surface area contributed by atoms with Crippen LogP contribution in [-0.2, 0) is 0 Å². The van der Waals surface area contributed by atoms with E-state index in [-0.39, 0.29) is 13.6 Å². The van der Waals surface area contributed by atoms with Crippen molar-refractivity contribution in [2.24, 2.45) is 0 Å². The van der Waals surface area contributed by atoms with Crippen LogP contribution in [0.2, 0.25) is 0 Å². The molecule has 0 saturated carbocycles. The molecule has 0 spiro atoms. The Hall–Kier alpha value is -5.12. The molecule has 0 aromatic heterocycles. The minimum Gasteiger partial charge on any atom is -0.454 e. The molecule has 3 aromatic rings. The van der Waals surface area contributed by atoms with Gasteiger partial charge in [-0.3, -0.25) is 0 Å². The van der Waals surface area contributed by atoms with Crippen molar-refractivity contribution in [1.82, 2.24) is 10.6 Å². The Morgan fingerprint density at radius 2 is 1.00 bits per heavy atom. The fraction of sp³-hybridized carbons (Fsp3) is 0.0769. The van der Waals surface area contributed by atoms with Gasteiger partial charge in [-0.15, -0.1) is 0 Å². The molecule has 2 aliphatic heterocycles. The number of rotatable bonds is 6. The average molecular weight is 486 g/mol. The summed E-state index contributed by atoms with van der Waals surface area (Å²) in [5.74, 6) is 2.74. The number of amides is 4. The minimum atomic E-state index is -0.404. The summed E-state index contributed by atoms with van der Waals surface area (Å²) < 4.78 is 21.2. The first-order valence-electron chi connectivity index (χ1n) is 11.0. The molecular weight excluding hydrogens is 464 g/mol. The maximum absolute atomic E-state index is 12.1. The second-order valence-electron chi connectivity index (χ2n) is 7.67. The molecule has 2 heterocycles. The van der Waals surface area contributed by atoms with Gasteiger partial charge >= 0.3 is 12.1 Å². The van der Waals surface area contributed by atoms with E-state index in [0.29, 0.717) is 34.4 Å². The summed E-state index contributed by atoms with van der Waals surface area (Å²) in [7, 11) is 0. The van der Waals surface area contributed by atoms with E-state index >= 15 is 0 Å². The van der Waals surface area contributed by atoms with Gasteiger partial charge in [0.1, 0.15) is 0 Å². The zero-order valence-corrected chi connectivity index (χ0v) is 18.9. The van der Waals surface area contributed by atoms with Crippen LogP contribution in [0.4, 0.5) is 21.0 Å². The van der Waals surface area contributed by atoms with Crippen molar-refractivity contribution in [2.45, 2.75) is 0 Å². The van der Waals surface area contributed by atoms with Gasteiger partial charge in [-0.1, -0.05) is 12.1 Å². The van der Waals surface area contributed by atoms with Crippen LogP contribution < -0.4 is 40.2 Å². The third-order valence-electron chi connectivity index (χ3n) is 5.17. The maximum Gasteiger partial charge on any atom is 0.323 e. The van der Waals surface area contributed by atoms with Gasteiger partial charge in [0.2, 0.25) is 13.6 Å². The Morgan fingerprint density at radius 3 is 1.44 bits per heavy atom. The molecule has 0 atom stereocenters. The van der Waals surface area contributed by atoms with Crippen LogP contribution >= 0.6 is 0 Å². The Labute approximate surface area is 206 Å². The van der Waals surface area contributed by atoms with Crippen LogP contribution in [0.25, 0.3) is 12.2 Å². The molecule has 0 unspecified atom stereocenters. The van der Waals surface area contributed by atoms with Crippen LogP contribution in [0, 0.1) is 0 Å². The Balaban J connectivity index is 1.06. The summed E-state index contributed by atoms with van der Waals surface area (Å²) in [5, 5.41) is 10.7. The van der Waals surface area contributed by atoms with Crippen LogP contribution in [-0.4, -0.2) is 25.6 Å². The molecule has 10 heteroatoms. The van der Waals surface area contributed by atoms with Gasteiger partial charge in [0.15, 0.2) is 23.0 Å². The maximum atomic E-state index is 12.1. The number of carbonyl (C=O) groups is 2. The summed E-state index contributed by atoms with van der Waals surface area (Å²) in [6.45, 7) is 0.420. The molecule has 5 rings (SSSR count). The summed E-state index contributed by atoms with van der Waals surface area (Å²) >= 11 is 0. The van der Waals surface area contributed by atoms with Crippen molar-refractivity contribution >= 4 is 35.6 Å². The summed E-state index contributed by atoms with van der Waals surface area (Å²) in [4.78, 5) is 24.3. The molecule has 0 radical (unpaired) electrons. The number of urea groups is 2. The number of anilines is 2. The predicted molar refractivity (Wildman–Crippen MR) is 134 cm³/mol. The first kappa shape index (κ1) is 22.7. The van der Waals surface area contributed by atoms with Crippen LogP contribution in [0.15, 0.2) is 73.1 Å². The number of benzene rings is 3. The number of hydrogen-bond donors (Lipinski definition) is 4. The van der Waals surface area contributed by atoms with Crippen LogP contribution in [0.1, 0.15) is 11.1 Å². The second kappa shape index (κ2) is 10.4. The Morgan fingerprint density at radius 1 is 0.583 bits per heavy atom. The molecule has 0 fully saturated rings. The number of ether oxygens (including phenoxy) is 4. The lowest BCUT2D eigenvalue weighted by Crippen LogP contribution is -2.24. The van der Waals surface area contributed by atoms with Gasteiger partial charge in [0, 0.05) is 23.8 Å². The van der Waals surface area contributed by atoms with Crippen molar-refractivity contribution in [3.63, 3.8) is 0 Å². The van der Waals surface area contributed by atoms with E-state index in [1.54, 1.807) is 36.4 Å². The normalized spacial score (nSPS) is 13.1. The van der Waals surface area contributed by atoms with Crippen molar-refractivity contribution in [3.8, 4) is 23.0 Å². The molecule has 0 saturated heterocycles. The first-order valence-corrected chi connectivity index (χ1v) is 11.0. The zero-order valence-electron chi connectivity index (χ0n) is 18.9.